The molecule has 0 N–H and O–H groups in total. The Kier molecular flexibility index (Phi) is 10.2. The van der Waals surface area contributed by atoms with E-state index in [-0.39, 0.29) is 0 Å². The third kappa shape index (κ3) is 5.93. The first-order valence-corrected chi connectivity index (χ1v) is 10.8. The molecule has 0 saturated heterocycles. The monoisotopic (exact) mass is 328 g/mol. The van der Waals surface area contributed by atoms with Gasteiger partial charge in [0.2, 0.25) is 0 Å². The van der Waals surface area contributed by atoms with Gasteiger partial charge >= 0.3 is 16.4 Å². The zero-order chi connectivity index (χ0) is 15.6. The molecule has 0 rings (SSSR count). The Hall–Kier alpha value is 0.247. The molecule has 0 aromatic carbocycles. The molecule has 0 aliphatic carbocycles. The fourth-order valence-electron chi connectivity index (χ4n) is 1.77. The quantitative estimate of drug-likeness (QED) is 0.402. The lowest BCUT2D eigenvalue weighted by Gasteiger charge is -2.33. The molecule has 122 valence electrons. The van der Waals surface area contributed by atoms with Crippen LogP contribution in [0.5, 0.6) is 0 Å². The van der Waals surface area contributed by atoms with Crippen LogP contribution in [0.25, 0.3) is 0 Å². The van der Waals surface area contributed by atoms with Crippen LogP contribution in [0, 0.1) is 0 Å². The van der Waals surface area contributed by atoms with Crippen LogP contribution in [0.3, 0.4) is 0 Å². The van der Waals surface area contributed by atoms with Gasteiger partial charge in [-0.3, -0.25) is 4.57 Å². The van der Waals surface area contributed by atoms with Gasteiger partial charge in [0.1, 0.15) is 5.85 Å². The van der Waals surface area contributed by atoms with Gasteiger partial charge in [-0.15, -0.1) is 0 Å². The van der Waals surface area contributed by atoms with Crippen LogP contribution >= 0.6 is 7.60 Å². The standard InChI is InChI=1S/C12H29O6PSi/c1-7-14-19(13,15-8-2)12(6)18-20(11-5,16-9-3)17-10-4/h12H,7-11H2,1-6H3. The summed E-state index contributed by atoms with van der Waals surface area (Å²) in [5.41, 5.74) is 0. The van der Waals surface area contributed by atoms with Crippen LogP contribution in [0.15, 0.2) is 0 Å². The molecule has 1 unspecified atom stereocenters. The Bertz CT molecular complexity index is 286. The summed E-state index contributed by atoms with van der Waals surface area (Å²) in [5.74, 6) is -0.716. The van der Waals surface area contributed by atoms with Gasteiger partial charge in [0, 0.05) is 19.3 Å². The van der Waals surface area contributed by atoms with Gasteiger partial charge in [-0.2, -0.15) is 0 Å². The molecule has 1 atom stereocenters. The fourth-order valence-corrected chi connectivity index (χ4v) is 6.17. The molecule has 0 aromatic heterocycles. The molecule has 0 aliphatic rings. The van der Waals surface area contributed by atoms with Gasteiger partial charge in [0.05, 0.1) is 13.2 Å². The van der Waals surface area contributed by atoms with E-state index < -0.39 is 22.2 Å². The topological polar surface area (TPSA) is 63.2 Å². The average Bonchev–Trinajstić information content (AvgIpc) is 2.39. The lowest BCUT2D eigenvalue weighted by atomic mass is 10.9. The van der Waals surface area contributed by atoms with Crippen LogP contribution in [0.2, 0.25) is 6.04 Å². The van der Waals surface area contributed by atoms with E-state index in [4.69, 9.17) is 22.3 Å². The fraction of sp³-hybridized carbons (Fsp3) is 1.00. The van der Waals surface area contributed by atoms with Crippen LogP contribution < -0.4 is 0 Å². The Balaban J connectivity index is 5.03. The molecular weight excluding hydrogens is 299 g/mol. The molecule has 0 radical (unpaired) electrons. The van der Waals surface area contributed by atoms with Gasteiger partial charge in [-0.25, -0.2) is 0 Å². The minimum Gasteiger partial charge on any atom is -0.374 e. The molecule has 0 bridgehead atoms. The zero-order valence-electron chi connectivity index (χ0n) is 13.5. The molecule has 6 nitrogen and oxygen atoms in total. The average molecular weight is 328 g/mol. The van der Waals surface area contributed by atoms with E-state index in [0.29, 0.717) is 32.5 Å². The second-order valence-corrected chi connectivity index (χ2v) is 9.20. The first kappa shape index (κ1) is 20.2. The maximum Gasteiger partial charge on any atom is 0.501 e. The Morgan fingerprint density at radius 2 is 1.35 bits per heavy atom. The lowest BCUT2D eigenvalue weighted by Crippen LogP contribution is -2.47. The summed E-state index contributed by atoms with van der Waals surface area (Å²) in [6.07, 6.45) is 0. The predicted molar refractivity (Wildman–Crippen MR) is 80.9 cm³/mol. The molecule has 0 aromatic rings. The van der Waals surface area contributed by atoms with Crippen molar-refractivity contribution in [2.75, 3.05) is 26.4 Å². The highest BCUT2D eigenvalue weighted by molar-refractivity contribution is 7.54. The molecule has 0 spiro atoms. The maximum absolute atomic E-state index is 12.7. The van der Waals surface area contributed by atoms with E-state index >= 15 is 0 Å². The first-order chi connectivity index (χ1) is 9.43. The Morgan fingerprint density at radius 1 is 0.900 bits per heavy atom. The van der Waals surface area contributed by atoms with Crippen molar-refractivity contribution in [3.8, 4) is 0 Å². The highest BCUT2D eigenvalue weighted by atomic mass is 31.2. The molecule has 0 aliphatic heterocycles. The maximum atomic E-state index is 12.7. The van der Waals surface area contributed by atoms with Gasteiger partial charge in [-0.05, 0) is 34.6 Å². The normalized spacial score (nSPS) is 14.5. The lowest BCUT2D eigenvalue weighted by molar-refractivity contribution is 0.0485. The first-order valence-electron chi connectivity index (χ1n) is 7.28. The van der Waals surface area contributed by atoms with E-state index in [9.17, 15) is 4.57 Å². The van der Waals surface area contributed by atoms with Crippen molar-refractivity contribution >= 4 is 16.4 Å². The number of hydrogen-bond donors (Lipinski definition) is 0. The molecule has 20 heavy (non-hydrogen) atoms. The SMILES string of the molecule is CCO[Si](CC)(OCC)OC(C)P(=O)(OCC)OCC. The van der Waals surface area contributed by atoms with Crippen molar-refractivity contribution in [1.29, 1.82) is 0 Å². The molecule has 8 heteroatoms. The second kappa shape index (κ2) is 10.1. The largest absolute Gasteiger partial charge is 0.501 e. The van der Waals surface area contributed by atoms with Crippen LogP contribution in [0.4, 0.5) is 0 Å². The number of rotatable bonds is 12. The second-order valence-electron chi connectivity index (χ2n) is 4.00. The van der Waals surface area contributed by atoms with Crippen LogP contribution in [-0.2, 0) is 26.9 Å². The van der Waals surface area contributed by atoms with E-state index in [1.165, 1.54) is 0 Å². The van der Waals surface area contributed by atoms with Gasteiger partial charge in [0.25, 0.3) is 0 Å². The van der Waals surface area contributed by atoms with Gasteiger partial charge < -0.3 is 22.3 Å². The summed E-state index contributed by atoms with van der Waals surface area (Å²) in [4.78, 5) is 0. The molecule has 0 amide bonds. The van der Waals surface area contributed by atoms with Crippen LogP contribution in [0.1, 0.15) is 41.5 Å². The molecule has 0 fully saturated rings. The van der Waals surface area contributed by atoms with Gasteiger partial charge in [0.15, 0.2) is 0 Å². The highest BCUT2D eigenvalue weighted by Gasteiger charge is 2.45. The minimum atomic E-state index is -3.31. The van der Waals surface area contributed by atoms with Crippen molar-refractivity contribution in [2.45, 2.75) is 53.4 Å². The summed E-state index contributed by atoms with van der Waals surface area (Å²) in [6, 6.07) is 0.608. The Morgan fingerprint density at radius 3 is 1.65 bits per heavy atom. The summed E-state index contributed by atoms with van der Waals surface area (Å²) in [5, 5.41) is 0. The molecule has 0 saturated carbocycles. The Labute approximate surface area is 124 Å². The van der Waals surface area contributed by atoms with E-state index in [1.54, 1.807) is 20.8 Å². The summed E-state index contributed by atoms with van der Waals surface area (Å²) < 4.78 is 40.6. The third-order valence-corrected chi connectivity index (χ3v) is 8.04. The molecular formula is C12H29O6PSi. The van der Waals surface area contributed by atoms with Crippen molar-refractivity contribution in [2.24, 2.45) is 0 Å². The number of hydrogen-bond acceptors (Lipinski definition) is 6. The van der Waals surface area contributed by atoms with Crippen molar-refractivity contribution in [3.05, 3.63) is 0 Å². The predicted octanol–water partition coefficient (Wildman–Crippen LogP) is 3.65. The van der Waals surface area contributed by atoms with E-state index in [1.807, 2.05) is 20.8 Å². The van der Waals surface area contributed by atoms with Crippen LogP contribution in [-0.4, -0.2) is 41.1 Å². The van der Waals surface area contributed by atoms with Crippen molar-refractivity contribution in [3.63, 3.8) is 0 Å². The minimum absolute atomic E-state index is 0.301. The highest BCUT2D eigenvalue weighted by Crippen LogP contribution is 2.54. The van der Waals surface area contributed by atoms with Gasteiger partial charge in [-0.1, -0.05) is 6.92 Å². The van der Waals surface area contributed by atoms with Crippen molar-refractivity contribution in [1.82, 2.24) is 0 Å². The summed E-state index contributed by atoms with van der Waals surface area (Å²) in [7, 11) is -6.15. The van der Waals surface area contributed by atoms with E-state index in [0.717, 1.165) is 0 Å². The summed E-state index contributed by atoms with van der Waals surface area (Å²) >= 11 is 0. The molecule has 0 heterocycles. The van der Waals surface area contributed by atoms with E-state index in [2.05, 4.69) is 0 Å². The smallest absolute Gasteiger partial charge is 0.374 e. The van der Waals surface area contributed by atoms with Crippen molar-refractivity contribution < 1.29 is 26.9 Å². The third-order valence-electron chi connectivity index (χ3n) is 2.58. The zero-order valence-corrected chi connectivity index (χ0v) is 15.4. The summed E-state index contributed by atoms with van der Waals surface area (Å²) in [6.45, 7) is 12.5.